The molecule has 2 aromatic rings. The third kappa shape index (κ3) is 7.70. The fourth-order valence-electron chi connectivity index (χ4n) is 3.08. The van der Waals surface area contributed by atoms with Crippen molar-refractivity contribution in [1.29, 1.82) is 0 Å². The van der Waals surface area contributed by atoms with E-state index in [9.17, 15) is 0 Å². The first-order valence-electron chi connectivity index (χ1n) is 10.4. The largest absolute Gasteiger partial charge is 0.493 e. The summed E-state index contributed by atoms with van der Waals surface area (Å²) < 4.78 is 16.5. The third-order valence-electron chi connectivity index (χ3n) is 4.70. The van der Waals surface area contributed by atoms with E-state index < -0.39 is 0 Å². The molecule has 0 amide bonds. The summed E-state index contributed by atoms with van der Waals surface area (Å²) in [6.45, 7) is 10.8. The zero-order chi connectivity index (χ0) is 21.1. The van der Waals surface area contributed by atoms with Crippen molar-refractivity contribution in [2.45, 2.75) is 59.5 Å². The number of methoxy groups -OCH3 is 1. The lowest BCUT2D eigenvalue weighted by Gasteiger charge is -2.12. The molecule has 7 nitrogen and oxygen atoms in total. The van der Waals surface area contributed by atoms with Crippen LogP contribution in [0.2, 0.25) is 0 Å². The Morgan fingerprint density at radius 1 is 1.10 bits per heavy atom. The predicted octanol–water partition coefficient (Wildman–Crippen LogP) is 4.86. The lowest BCUT2D eigenvalue weighted by Crippen LogP contribution is -2.36. The molecule has 0 bridgehead atoms. The Kier molecular flexibility index (Phi) is 12.3. The zero-order valence-electron chi connectivity index (χ0n) is 18.7. The van der Waals surface area contributed by atoms with E-state index in [1.165, 1.54) is 0 Å². The Labute approximate surface area is 197 Å². The third-order valence-corrected chi connectivity index (χ3v) is 4.70. The van der Waals surface area contributed by atoms with Gasteiger partial charge in [0.05, 0.1) is 32.5 Å². The minimum absolute atomic E-state index is 0. The van der Waals surface area contributed by atoms with Crippen LogP contribution >= 0.6 is 24.0 Å². The maximum atomic E-state index is 5.64. The molecule has 0 radical (unpaired) electrons. The Morgan fingerprint density at radius 2 is 1.87 bits per heavy atom. The smallest absolute Gasteiger partial charge is 0.191 e. The van der Waals surface area contributed by atoms with Crippen molar-refractivity contribution in [3.05, 3.63) is 41.3 Å². The van der Waals surface area contributed by atoms with Crippen molar-refractivity contribution in [2.24, 2.45) is 4.99 Å². The number of ether oxygens (including phenoxy) is 2. The lowest BCUT2D eigenvalue weighted by atomic mass is 9.99. The highest BCUT2D eigenvalue weighted by atomic mass is 127. The summed E-state index contributed by atoms with van der Waals surface area (Å²) in [4.78, 5) is 4.67. The van der Waals surface area contributed by atoms with Crippen LogP contribution in [0.15, 0.2) is 33.8 Å². The molecule has 0 aliphatic rings. The van der Waals surface area contributed by atoms with E-state index in [4.69, 9.17) is 14.0 Å². The molecule has 0 atom stereocenters. The van der Waals surface area contributed by atoms with E-state index in [0.29, 0.717) is 25.6 Å². The van der Waals surface area contributed by atoms with E-state index in [0.717, 1.165) is 53.9 Å². The van der Waals surface area contributed by atoms with Crippen LogP contribution in [0.1, 0.15) is 63.5 Å². The van der Waals surface area contributed by atoms with Gasteiger partial charge in [-0.05, 0) is 44.4 Å². The Morgan fingerprint density at radius 3 is 2.50 bits per heavy atom. The monoisotopic (exact) mass is 530 g/mol. The average molecular weight is 530 g/mol. The van der Waals surface area contributed by atoms with Crippen molar-refractivity contribution in [3.63, 3.8) is 0 Å². The van der Waals surface area contributed by atoms with Gasteiger partial charge in [0.1, 0.15) is 0 Å². The number of guanidine groups is 1. The Bertz CT molecular complexity index is 775. The number of hydrogen-bond donors (Lipinski definition) is 2. The van der Waals surface area contributed by atoms with E-state index in [1.807, 2.05) is 38.1 Å². The van der Waals surface area contributed by atoms with Gasteiger partial charge in [-0.2, -0.15) is 0 Å². The molecule has 0 saturated carbocycles. The molecule has 0 unspecified atom stereocenters. The van der Waals surface area contributed by atoms with Crippen LogP contribution < -0.4 is 20.1 Å². The first kappa shape index (κ1) is 26.1. The number of nitrogens with zero attached hydrogens (tertiary/aromatic N) is 2. The van der Waals surface area contributed by atoms with E-state index in [2.05, 4.69) is 34.6 Å². The zero-order valence-corrected chi connectivity index (χ0v) is 21.0. The molecule has 0 aliphatic carbocycles. The van der Waals surface area contributed by atoms with Crippen LogP contribution in [0.4, 0.5) is 0 Å². The second-order valence-electron chi connectivity index (χ2n) is 6.70. The van der Waals surface area contributed by atoms with Crippen LogP contribution in [-0.4, -0.2) is 31.4 Å². The van der Waals surface area contributed by atoms with Crippen LogP contribution in [0.25, 0.3) is 0 Å². The molecule has 1 aromatic heterocycles. The van der Waals surface area contributed by atoms with Crippen LogP contribution in [-0.2, 0) is 13.1 Å². The quantitative estimate of drug-likeness (QED) is 0.246. The van der Waals surface area contributed by atoms with Gasteiger partial charge in [0.25, 0.3) is 0 Å². The number of aliphatic imine (C=N–C) groups is 1. The number of aromatic nitrogens is 1. The summed E-state index contributed by atoms with van der Waals surface area (Å²) in [5.41, 5.74) is 2.07. The van der Waals surface area contributed by atoms with Gasteiger partial charge >= 0.3 is 0 Å². The first-order valence-corrected chi connectivity index (χ1v) is 10.4. The van der Waals surface area contributed by atoms with Gasteiger partial charge in [0.2, 0.25) is 0 Å². The van der Waals surface area contributed by atoms with Gasteiger partial charge in [-0.1, -0.05) is 25.1 Å². The standard InChI is InChI=1S/C22H34N4O3.HI/c1-6-17(7-2)19-13-18(29-26-19)15-25-22(23-8-3)24-14-16-10-11-20(27-5)21(12-16)28-9-4;/h10-13,17H,6-9,14-15H2,1-5H3,(H2,23,24,25);1H. The number of nitrogens with one attached hydrogen (secondary N) is 2. The topological polar surface area (TPSA) is 80.9 Å². The highest BCUT2D eigenvalue weighted by Crippen LogP contribution is 2.28. The number of rotatable bonds is 11. The molecule has 0 aliphatic heterocycles. The van der Waals surface area contributed by atoms with Crippen molar-refractivity contribution >= 4 is 29.9 Å². The van der Waals surface area contributed by atoms with Crippen molar-refractivity contribution in [2.75, 3.05) is 20.3 Å². The van der Waals surface area contributed by atoms with Gasteiger partial charge < -0.3 is 24.6 Å². The molecular weight excluding hydrogens is 495 g/mol. The maximum Gasteiger partial charge on any atom is 0.191 e. The highest BCUT2D eigenvalue weighted by Gasteiger charge is 2.13. The Balaban J connectivity index is 0.00000450. The van der Waals surface area contributed by atoms with Crippen molar-refractivity contribution in [1.82, 2.24) is 15.8 Å². The normalized spacial score (nSPS) is 11.2. The first-order chi connectivity index (χ1) is 14.1. The van der Waals surface area contributed by atoms with Crippen LogP contribution in [0.3, 0.4) is 0 Å². The summed E-state index contributed by atoms with van der Waals surface area (Å²) in [7, 11) is 1.64. The molecule has 30 heavy (non-hydrogen) atoms. The lowest BCUT2D eigenvalue weighted by molar-refractivity contribution is 0.310. The summed E-state index contributed by atoms with van der Waals surface area (Å²) >= 11 is 0. The van der Waals surface area contributed by atoms with Gasteiger partial charge in [0.15, 0.2) is 23.2 Å². The minimum atomic E-state index is 0. The molecule has 2 rings (SSSR count). The number of hydrogen-bond acceptors (Lipinski definition) is 5. The summed E-state index contributed by atoms with van der Waals surface area (Å²) in [6, 6.07) is 7.90. The van der Waals surface area contributed by atoms with E-state index >= 15 is 0 Å². The fraction of sp³-hybridized carbons (Fsp3) is 0.545. The summed E-state index contributed by atoms with van der Waals surface area (Å²) in [5, 5.41) is 10.8. The van der Waals surface area contributed by atoms with E-state index in [1.54, 1.807) is 7.11 Å². The van der Waals surface area contributed by atoms with Gasteiger partial charge in [-0.3, -0.25) is 0 Å². The molecule has 0 spiro atoms. The fourth-order valence-corrected chi connectivity index (χ4v) is 3.08. The molecule has 1 heterocycles. The summed E-state index contributed by atoms with van der Waals surface area (Å²) in [5.74, 6) is 3.44. The van der Waals surface area contributed by atoms with Crippen LogP contribution in [0.5, 0.6) is 11.5 Å². The SMILES string of the molecule is CCNC(=NCc1ccc(OC)c(OCC)c1)NCc1cc(C(CC)CC)no1.I. The summed E-state index contributed by atoms with van der Waals surface area (Å²) in [6.07, 6.45) is 2.12. The van der Waals surface area contributed by atoms with E-state index in [-0.39, 0.29) is 24.0 Å². The second kappa shape index (κ2) is 14.1. The molecule has 0 fully saturated rings. The highest BCUT2D eigenvalue weighted by molar-refractivity contribution is 14.0. The molecule has 168 valence electrons. The van der Waals surface area contributed by atoms with Crippen molar-refractivity contribution < 1.29 is 14.0 Å². The molecule has 0 saturated heterocycles. The van der Waals surface area contributed by atoms with Crippen LogP contribution in [0, 0.1) is 0 Å². The molecule has 1 aromatic carbocycles. The molecule has 8 heteroatoms. The number of halogens is 1. The predicted molar refractivity (Wildman–Crippen MR) is 131 cm³/mol. The molecular formula is C22H35IN4O3. The van der Waals surface area contributed by atoms with Crippen molar-refractivity contribution in [3.8, 4) is 11.5 Å². The van der Waals surface area contributed by atoms with Gasteiger partial charge in [-0.25, -0.2) is 4.99 Å². The van der Waals surface area contributed by atoms with Gasteiger partial charge in [0, 0.05) is 18.5 Å². The number of benzene rings is 1. The maximum absolute atomic E-state index is 5.64. The molecule has 2 N–H and O–H groups in total. The minimum Gasteiger partial charge on any atom is -0.493 e. The second-order valence-corrected chi connectivity index (χ2v) is 6.70. The Hall–Kier alpha value is -1.97. The van der Waals surface area contributed by atoms with Gasteiger partial charge in [-0.15, -0.1) is 24.0 Å². The average Bonchev–Trinajstić information content (AvgIpc) is 3.20.